The quantitative estimate of drug-likeness (QED) is 0.382. The zero-order chi connectivity index (χ0) is 23.2. The van der Waals surface area contributed by atoms with E-state index in [1.165, 1.54) is 63.4 Å². The van der Waals surface area contributed by atoms with E-state index in [-0.39, 0.29) is 5.41 Å². The Morgan fingerprint density at radius 1 is 0.969 bits per heavy atom. The lowest BCUT2D eigenvalue weighted by Gasteiger charge is -2.46. The van der Waals surface area contributed by atoms with Crippen molar-refractivity contribution in [1.29, 1.82) is 0 Å². The van der Waals surface area contributed by atoms with Gasteiger partial charge in [-0.15, -0.1) is 0 Å². The molecule has 1 aromatic rings. The van der Waals surface area contributed by atoms with Gasteiger partial charge in [-0.25, -0.2) is 0 Å². The summed E-state index contributed by atoms with van der Waals surface area (Å²) in [5.74, 6) is 2.66. The second-order valence-electron chi connectivity index (χ2n) is 12.4. The normalized spacial score (nSPS) is 31.2. The van der Waals surface area contributed by atoms with Crippen LogP contribution in [0.4, 0.5) is 0 Å². The zero-order valence-corrected chi connectivity index (χ0v) is 21.9. The molecule has 0 bridgehead atoms. The van der Waals surface area contributed by atoms with Crippen LogP contribution in [0.1, 0.15) is 105 Å². The molecule has 0 amide bonds. The van der Waals surface area contributed by atoms with Crippen LogP contribution in [0.5, 0.6) is 0 Å². The topological polar surface area (TPSA) is 18.5 Å². The van der Waals surface area contributed by atoms with Crippen LogP contribution in [0.3, 0.4) is 0 Å². The molecule has 2 heteroatoms. The molecule has 0 saturated heterocycles. The maximum atomic E-state index is 6.41. The van der Waals surface area contributed by atoms with Gasteiger partial charge in [-0.05, 0) is 73.7 Å². The van der Waals surface area contributed by atoms with Gasteiger partial charge in [0, 0.05) is 6.61 Å². The van der Waals surface area contributed by atoms with E-state index < -0.39 is 0 Å². The Bertz CT molecular complexity index is 663. The largest absolute Gasteiger partial charge is 0.378 e. The van der Waals surface area contributed by atoms with Crippen molar-refractivity contribution in [3.63, 3.8) is 0 Å². The summed E-state index contributed by atoms with van der Waals surface area (Å²) in [6, 6.07) is 10.6. The van der Waals surface area contributed by atoms with E-state index in [1.807, 2.05) is 0 Å². The fraction of sp³-hybridized carbons (Fsp3) is 0.800. The molecule has 0 aromatic heterocycles. The van der Waals surface area contributed by atoms with Crippen LogP contribution >= 0.6 is 0 Å². The number of ether oxygens (including phenoxy) is 2. The molecule has 2 fully saturated rings. The molecule has 0 heterocycles. The number of hydrogen-bond acceptors (Lipinski definition) is 2. The monoisotopic (exact) mass is 442 g/mol. The Morgan fingerprint density at radius 2 is 1.69 bits per heavy atom. The van der Waals surface area contributed by atoms with Gasteiger partial charge in [0.1, 0.15) is 0 Å². The molecule has 6 unspecified atom stereocenters. The highest BCUT2D eigenvalue weighted by Gasteiger charge is 2.40. The fourth-order valence-corrected chi connectivity index (χ4v) is 6.02. The van der Waals surface area contributed by atoms with Crippen molar-refractivity contribution in [2.24, 2.45) is 28.6 Å². The standard InChI is InChI=1S/C30H50O2/c1-23(29(3,4)5)31-19-17-25-14-10-15-27(20-25)28-16-11-18-30(6,21-28)24(2)32-22-26-12-8-7-9-13-26/h7-9,12-13,23-25,27-28H,10-11,14-22H2,1-6H3. The SMILES string of the molecule is CC(OCCC1CCCC(C2CCCC(C)(C(C)OCc3ccccc3)C2)C1)C(C)(C)C. The zero-order valence-electron chi connectivity index (χ0n) is 21.9. The maximum absolute atomic E-state index is 6.41. The second kappa shape index (κ2) is 11.5. The molecule has 0 radical (unpaired) electrons. The number of rotatable bonds is 9. The Hall–Kier alpha value is -0.860. The Kier molecular flexibility index (Phi) is 9.27. The molecule has 3 rings (SSSR count). The van der Waals surface area contributed by atoms with E-state index in [4.69, 9.17) is 9.47 Å². The minimum atomic E-state index is 0.237. The van der Waals surface area contributed by atoms with Crippen LogP contribution in [0.15, 0.2) is 30.3 Å². The fourth-order valence-electron chi connectivity index (χ4n) is 6.02. The molecular weight excluding hydrogens is 392 g/mol. The first-order valence-corrected chi connectivity index (χ1v) is 13.4. The summed E-state index contributed by atoms with van der Waals surface area (Å²) in [6.45, 7) is 15.5. The average Bonchev–Trinajstić information content (AvgIpc) is 2.77. The third-order valence-electron chi connectivity index (χ3n) is 8.98. The van der Waals surface area contributed by atoms with Crippen LogP contribution in [0.25, 0.3) is 0 Å². The molecule has 32 heavy (non-hydrogen) atoms. The molecule has 182 valence electrons. The van der Waals surface area contributed by atoms with Crippen molar-refractivity contribution in [3.8, 4) is 0 Å². The summed E-state index contributed by atoms with van der Waals surface area (Å²) < 4.78 is 12.6. The van der Waals surface area contributed by atoms with Crippen molar-refractivity contribution in [2.45, 2.75) is 118 Å². The van der Waals surface area contributed by atoms with Crippen molar-refractivity contribution < 1.29 is 9.47 Å². The second-order valence-corrected chi connectivity index (χ2v) is 12.4. The molecule has 2 aliphatic rings. The maximum Gasteiger partial charge on any atom is 0.0720 e. The van der Waals surface area contributed by atoms with Crippen LogP contribution in [0, 0.1) is 28.6 Å². The smallest absolute Gasteiger partial charge is 0.0720 e. The highest BCUT2D eigenvalue weighted by molar-refractivity contribution is 5.13. The van der Waals surface area contributed by atoms with Crippen molar-refractivity contribution >= 4 is 0 Å². The Balaban J connectivity index is 1.48. The van der Waals surface area contributed by atoms with Gasteiger partial charge in [-0.3, -0.25) is 0 Å². The minimum absolute atomic E-state index is 0.237. The lowest BCUT2D eigenvalue weighted by Crippen LogP contribution is -2.39. The van der Waals surface area contributed by atoms with Gasteiger partial charge in [-0.1, -0.05) is 90.1 Å². The van der Waals surface area contributed by atoms with Gasteiger partial charge in [0.05, 0.1) is 18.8 Å². The summed E-state index contributed by atoms with van der Waals surface area (Å²) in [7, 11) is 0. The van der Waals surface area contributed by atoms with Crippen molar-refractivity contribution in [1.82, 2.24) is 0 Å². The third kappa shape index (κ3) is 7.32. The first kappa shape index (κ1) is 25.8. The van der Waals surface area contributed by atoms with Gasteiger partial charge >= 0.3 is 0 Å². The summed E-state index contributed by atoms with van der Waals surface area (Å²) >= 11 is 0. The molecule has 0 aliphatic heterocycles. The molecule has 6 atom stereocenters. The summed E-state index contributed by atoms with van der Waals surface area (Å²) in [5.41, 5.74) is 1.84. The molecule has 2 nitrogen and oxygen atoms in total. The van der Waals surface area contributed by atoms with E-state index in [9.17, 15) is 0 Å². The summed E-state index contributed by atoms with van der Waals surface area (Å²) in [6.07, 6.45) is 13.0. The predicted molar refractivity (Wildman–Crippen MR) is 136 cm³/mol. The number of hydrogen-bond donors (Lipinski definition) is 0. The molecule has 0 spiro atoms. The van der Waals surface area contributed by atoms with Gasteiger partial charge in [-0.2, -0.15) is 0 Å². The van der Waals surface area contributed by atoms with E-state index in [1.54, 1.807) is 0 Å². The van der Waals surface area contributed by atoms with E-state index >= 15 is 0 Å². The van der Waals surface area contributed by atoms with Crippen molar-refractivity contribution in [2.75, 3.05) is 6.61 Å². The molecular formula is C30H50O2. The highest BCUT2D eigenvalue weighted by atomic mass is 16.5. The first-order valence-electron chi connectivity index (χ1n) is 13.4. The summed E-state index contributed by atoms with van der Waals surface area (Å²) in [4.78, 5) is 0. The van der Waals surface area contributed by atoms with E-state index in [2.05, 4.69) is 71.9 Å². The third-order valence-corrected chi connectivity index (χ3v) is 8.98. The Labute approximate surface area is 198 Å². The van der Waals surface area contributed by atoms with E-state index in [0.29, 0.717) is 17.6 Å². The van der Waals surface area contributed by atoms with Crippen LogP contribution in [-0.2, 0) is 16.1 Å². The van der Waals surface area contributed by atoms with E-state index in [0.717, 1.165) is 31.0 Å². The minimum Gasteiger partial charge on any atom is -0.378 e. The Morgan fingerprint density at radius 3 is 2.41 bits per heavy atom. The van der Waals surface area contributed by atoms with Gasteiger partial charge in [0.25, 0.3) is 0 Å². The van der Waals surface area contributed by atoms with Crippen LogP contribution in [-0.4, -0.2) is 18.8 Å². The molecule has 1 aromatic carbocycles. The van der Waals surface area contributed by atoms with Gasteiger partial charge in [0.2, 0.25) is 0 Å². The lowest BCUT2D eigenvalue weighted by atomic mass is 9.62. The van der Waals surface area contributed by atoms with Crippen LogP contribution in [0.2, 0.25) is 0 Å². The highest BCUT2D eigenvalue weighted by Crippen LogP contribution is 2.49. The van der Waals surface area contributed by atoms with Crippen molar-refractivity contribution in [3.05, 3.63) is 35.9 Å². The molecule has 2 saturated carbocycles. The van der Waals surface area contributed by atoms with Gasteiger partial charge in [0.15, 0.2) is 0 Å². The lowest BCUT2D eigenvalue weighted by molar-refractivity contribution is -0.0662. The molecule has 2 aliphatic carbocycles. The summed E-state index contributed by atoms with van der Waals surface area (Å²) in [5, 5.41) is 0. The average molecular weight is 443 g/mol. The van der Waals surface area contributed by atoms with Crippen LogP contribution < -0.4 is 0 Å². The molecule has 0 N–H and O–H groups in total. The van der Waals surface area contributed by atoms with Gasteiger partial charge < -0.3 is 9.47 Å². The number of benzene rings is 1. The predicted octanol–water partition coefficient (Wildman–Crippen LogP) is 8.44. The first-order chi connectivity index (χ1) is 15.2.